The number of hydrogen-bond donors (Lipinski definition) is 0. The van der Waals surface area contributed by atoms with Gasteiger partial charge in [0.1, 0.15) is 25.0 Å². The lowest BCUT2D eigenvalue weighted by Crippen LogP contribution is -2.30. The van der Waals surface area contributed by atoms with Gasteiger partial charge in [-0.3, -0.25) is 4.79 Å². The first-order valence-corrected chi connectivity index (χ1v) is 8.10. The largest absolute Gasteiger partial charge is 0.492 e. The maximum absolute atomic E-state index is 12.4. The average Bonchev–Trinajstić information content (AvgIpc) is 3.17. The zero-order valence-electron chi connectivity index (χ0n) is 13.7. The number of carbonyl (C=O) groups is 1. The third-order valence-corrected chi connectivity index (χ3v) is 3.91. The second kappa shape index (κ2) is 7.81. The highest BCUT2D eigenvalue weighted by molar-refractivity contribution is 6.30. The van der Waals surface area contributed by atoms with Crippen LogP contribution in [0.15, 0.2) is 61.2 Å². The van der Waals surface area contributed by atoms with Crippen LogP contribution in [0, 0.1) is 0 Å². The van der Waals surface area contributed by atoms with Crippen LogP contribution < -0.4 is 4.74 Å². The summed E-state index contributed by atoms with van der Waals surface area (Å²) in [6, 6.07) is 14.3. The number of benzene rings is 2. The van der Waals surface area contributed by atoms with Crippen LogP contribution in [0.5, 0.6) is 5.75 Å². The van der Waals surface area contributed by atoms with Gasteiger partial charge in [-0.2, -0.15) is 5.10 Å². The van der Waals surface area contributed by atoms with E-state index in [0.29, 0.717) is 23.7 Å². The van der Waals surface area contributed by atoms with Gasteiger partial charge >= 0.3 is 0 Å². The highest BCUT2D eigenvalue weighted by atomic mass is 35.5. The van der Waals surface area contributed by atoms with Crippen molar-refractivity contribution in [3.63, 3.8) is 0 Å². The minimum absolute atomic E-state index is 0.0650. The number of halogens is 1. The summed E-state index contributed by atoms with van der Waals surface area (Å²) in [6.45, 7) is 0.882. The first kappa shape index (κ1) is 17.0. The molecule has 7 heteroatoms. The van der Waals surface area contributed by atoms with E-state index in [2.05, 4.69) is 10.1 Å². The van der Waals surface area contributed by atoms with Crippen molar-refractivity contribution in [2.24, 2.45) is 0 Å². The molecular formula is C18H17ClN4O2. The Morgan fingerprint density at radius 3 is 2.52 bits per heavy atom. The fraction of sp³-hybridized carbons (Fsp3) is 0.167. The average molecular weight is 357 g/mol. The van der Waals surface area contributed by atoms with E-state index in [0.717, 1.165) is 11.4 Å². The van der Waals surface area contributed by atoms with E-state index in [1.54, 1.807) is 59.4 Å². The molecule has 0 unspecified atom stereocenters. The van der Waals surface area contributed by atoms with Crippen LogP contribution in [0.4, 0.5) is 0 Å². The molecule has 25 heavy (non-hydrogen) atoms. The Bertz CT molecular complexity index is 817. The summed E-state index contributed by atoms with van der Waals surface area (Å²) >= 11 is 5.83. The standard InChI is InChI=1S/C18H17ClN4O2/c1-22(10-11-25-17-8-4-15(19)5-9-17)18(24)14-2-6-16(7-3-14)23-13-20-12-21-23/h2-9,12-13H,10-11H2,1H3. The van der Waals surface area contributed by atoms with Crippen molar-refractivity contribution in [3.05, 3.63) is 71.8 Å². The van der Waals surface area contributed by atoms with E-state index in [1.165, 1.54) is 6.33 Å². The summed E-state index contributed by atoms with van der Waals surface area (Å²) in [5, 5.41) is 4.72. The van der Waals surface area contributed by atoms with Gasteiger partial charge in [0.25, 0.3) is 5.91 Å². The topological polar surface area (TPSA) is 60.2 Å². The van der Waals surface area contributed by atoms with Crippen molar-refractivity contribution >= 4 is 17.5 Å². The number of carbonyl (C=O) groups excluding carboxylic acids is 1. The lowest BCUT2D eigenvalue weighted by Gasteiger charge is -2.17. The van der Waals surface area contributed by atoms with Crippen LogP contribution in [0.3, 0.4) is 0 Å². The highest BCUT2D eigenvalue weighted by Crippen LogP contribution is 2.15. The van der Waals surface area contributed by atoms with E-state index >= 15 is 0 Å². The summed E-state index contributed by atoms with van der Waals surface area (Å²) < 4.78 is 7.25. The first-order valence-electron chi connectivity index (χ1n) is 7.72. The maximum Gasteiger partial charge on any atom is 0.253 e. The molecule has 6 nitrogen and oxygen atoms in total. The van der Waals surface area contributed by atoms with Crippen molar-refractivity contribution in [2.75, 3.05) is 20.2 Å². The third kappa shape index (κ3) is 4.36. The molecule has 0 atom stereocenters. The van der Waals surface area contributed by atoms with Crippen LogP contribution in [0.2, 0.25) is 5.02 Å². The molecule has 1 amide bonds. The lowest BCUT2D eigenvalue weighted by molar-refractivity contribution is 0.0774. The number of aromatic nitrogens is 3. The van der Waals surface area contributed by atoms with Gasteiger partial charge in [0.15, 0.2) is 0 Å². The number of ether oxygens (including phenoxy) is 1. The van der Waals surface area contributed by atoms with Crippen LogP contribution in [0.1, 0.15) is 10.4 Å². The predicted molar refractivity (Wildman–Crippen MR) is 95.3 cm³/mol. The molecule has 3 aromatic rings. The third-order valence-electron chi connectivity index (χ3n) is 3.65. The number of hydrogen-bond acceptors (Lipinski definition) is 4. The van der Waals surface area contributed by atoms with Gasteiger partial charge in [-0.05, 0) is 48.5 Å². The van der Waals surface area contributed by atoms with Gasteiger partial charge in [-0.25, -0.2) is 9.67 Å². The summed E-state index contributed by atoms with van der Waals surface area (Å²) in [5.74, 6) is 0.660. The van der Waals surface area contributed by atoms with Crippen LogP contribution in [-0.2, 0) is 0 Å². The molecule has 0 saturated carbocycles. The smallest absolute Gasteiger partial charge is 0.253 e. The lowest BCUT2D eigenvalue weighted by atomic mass is 10.2. The fourth-order valence-electron chi connectivity index (χ4n) is 2.25. The molecule has 0 aliphatic heterocycles. The van der Waals surface area contributed by atoms with Gasteiger partial charge in [-0.1, -0.05) is 11.6 Å². The Morgan fingerprint density at radius 2 is 1.88 bits per heavy atom. The van der Waals surface area contributed by atoms with Crippen LogP contribution in [-0.4, -0.2) is 45.8 Å². The summed E-state index contributed by atoms with van der Waals surface area (Å²) in [6.07, 6.45) is 3.07. The Kier molecular flexibility index (Phi) is 5.30. The summed E-state index contributed by atoms with van der Waals surface area (Å²) in [5.41, 5.74) is 1.46. The molecule has 0 fully saturated rings. The van der Waals surface area contributed by atoms with Crippen LogP contribution in [0.25, 0.3) is 5.69 Å². The SMILES string of the molecule is CN(CCOc1ccc(Cl)cc1)C(=O)c1ccc(-n2cncn2)cc1. The first-order chi connectivity index (χ1) is 12.1. The molecule has 0 saturated heterocycles. The minimum Gasteiger partial charge on any atom is -0.492 e. The van der Waals surface area contributed by atoms with Crippen molar-refractivity contribution < 1.29 is 9.53 Å². The fourth-order valence-corrected chi connectivity index (χ4v) is 2.38. The van der Waals surface area contributed by atoms with Gasteiger partial charge in [0, 0.05) is 17.6 Å². The van der Waals surface area contributed by atoms with E-state index in [1.807, 2.05) is 12.1 Å². The number of nitrogens with zero attached hydrogens (tertiary/aromatic N) is 4. The number of likely N-dealkylation sites (N-methyl/N-ethyl adjacent to an activating group) is 1. The predicted octanol–water partition coefficient (Wildman–Crippen LogP) is 3.07. The Morgan fingerprint density at radius 1 is 1.16 bits per heavy atom. The molecule has 1 heterocycles. The molecule has 0 N–H and O–H groups in total. The molecule has 2 aromatic carbocycles. The van der Waals surface area contributed by atoms with Gasteiger partial charge in [0.2, 0.25) is 0 Å². The second-order valence-electron chi connectivity index (χ2n) is 5.42. The molecule has 0 bridgehead atoms. The highest BCUT2D eigenvalue weighted by Gasteiger charge is 2.12. The van der Waals surface area contributed by atoms with Gasteiger partial charge in [-0.15, -0.1) is 0 Å². The molecule has 0 aliphatic carbocycles. The van der Waals surface area contributed by atoms with E-state index < -0.39 is 0 Å². The van der Waals surface area contributed by atoms with Crippen molar-refractivity contribution in [1.29, 1.82) is 0 Å². The van der Waals surface area contributed by atoms with Gasteiger partial charge in [0.05, 0.1) is 12.2 Å². The Hall–Kier alpha value is -2.86. The minimum atomic E-state index is -0.0650. The summed E-state index contributed by atoms with van der Waals surface area (Å²) in [4.78, 5) is 18.0. The quantitative estimate of drug-likeness (QED) is 0.681. The molecule has 128 valence electrons. The zero-order chi connectivity index (χ0) is 17.6. The normalized spacial score (nSPS) is 10.5. The zero-order valence-corrected chi connectivity index (χ0v) is 14.4. The van der Waals surface area contributed by atoms with E-state index in [9.17, 15) is 4.79 Å². The molecule has 3 rings (SSSR count). The molecular weight excluding hydrogens is 340 g/mol. The van der Waals surface area contributed by atoms with Crippen molar-refractivity contribution in [2.45, 2.75) is 0 Å². The van der Waals surface area contributed by atoms with Crippen molar-refractivity contribution in [1.82, 2.24) is 19.7 Å². The number of amides is 1. The Balaban J connectivity index is 1.54. The van der Waals surface area contributed by atoms with E-state index in [-0.39, 0.29) is 5.91 Å². The molecule has 0 spiro atoms. The van der Waals surface area contributed by atoms with Crippen molar-refractivity contribution in [3.8, 4) is 11.4 Å². The molecule has 0 aliphatic rings. The van der Waals surface area contributed by atoms with Gasteiger partial charge < -0.3 is 9.64 Å². The Labute approximate surface area is 150 Å². The van der Waals surface area contributed by atoms with Crippen LogP contribution >= 0.6 is 11.6 Å². The molecule has 0 radical (unpaired) electrons. The second-order valence-corrected chi connectivity index (χ2v) is 5.85. The monoisotopic (exact) mass is 356 g/mol. The maximum atomic E-state index is 12.4. The van der Waals surface area contributed by atoms with E-state index in [4.69, 9.17) is 16.3 Å². The summed E-state index contributed by atoms with van der Waals surface area (Å²) in [7, 11) is 1.75. The number of rotatable bonds is 6. The molecule has 1 aromatic heterocycles.